The van der Waals surface area contributed by atoms with E-state index in [0.717, 1.165) is 18.5 Å². The van der Waals surface area contributed by atoms with Crippen molar-refractivity contribution in [3.8, 4) is 0 Å². The second kappa shape index (κ2) is 5.79. The fourth-order valence-electron chi connectivity index (χ4n) is 2.34. The molecule has 0 amide bonds. The molecule has 0 bridgehead atoms. The fraction of sp³-hybridized carbons (Fsp3) is 0.176. The molecule has 3 aromatic rings. The molecule has 1 heterocycles. The monoisotopic (exact) mass is 279 g/mol. The Labute approximate surface area is 123 Å². The number of hydrogen-bond acceptors (Lipinski definition) is 3. The third-order valence-corrected chi connectivity index (χ3v) is 3.52. The van der Waals surface area contributed by atoms with Crippen molar-refractivity contribution in [2.75, 3.05) is 11.9 Å². The molecule has 0 atom stereocenters. The fourth-order valence-corrected chi connectivity index (χ4v) is 2.34. The number of rotatable bonds is 4. The number of aromatic nitrogens is 2. The third kappa shape index (κ3) is 2.79. The number of anilines is 1. The first kappa shape index (κ1) is 13.4. The molecule has 106 valence electrons. The Balaban J connectivity index is 1.81. The molecule has 0 saturated carbocycles. The number of fused-ring (bicyclic) bond motifs is 1. The van der Waals surface area contributed by atoms with Crippen molar-refractivity contribution >= 4 is 16.9 Å². The van der Waals surface area contributed by atoms with Crippen LogP contribution >= 0.6 is 0 Å². The van der Waals surface area contributed by atoms with Gasteiger partial charge in [-0.3, -0.25) is 9.36 Å². The maximum Gasteiger partial charge on any atom is 0.262 e. The Kier molecular flexibility index (Phi) is 3.69. The van der Waals surface area contributed by atoms with Crippen LogP contribution in [0.25, 0.3) is 10.9 Å². The largest absolute Gasteiger partial charge is 0.355 e. The van der Waals surface area contributed by atoms with Gasteiger partial charge in [0.05, 0.1) is 10.9 Å². The van der Waals surface area contributed by atoms with Gasteiger partial charge in [-0.1, -0.05) is 42.5 Å². The highest BCUT2D eigenvalue weighted by molar-refractivity contribution is 5.78. The summed E-state index contributed by atoms with van der Waals surface area (Å²) in [5.74, 6) is 0.606. The molecule has 0 saturated heterocycles. The van der Waals surface area contributed by atoms with Crippen LogP contribution in [0.5, 0.6) is 0 Å². The van der Waals surface area contributed by atoms with Gasteiger partial charge in [0.2, 0.25) is 5.95 Å². The van der Waals surface area contributed by atoms with Crippen LogP contribution < -0.4 is 10.9 Å². The van der Waals surface area contributed by atoms with E-state index in [1.807, 2.05) is 36.4 Å². The van der Waals surface area contributed by atoms with Crippen molar-refractivity contribution in [2.24, 2.45) is 7.05 Å². The number of hydrogen-bond donors (Lipinski definition) is 1. The minimum absolute atomic E-state index is 0.0252. The van der Waals surface area contributed by atoms with E-state index in [0.29, 0.717) is 11.3 Å². The molecule has 21 heavy (non-hydrogen) atoms. The highest BCUT2D eigenvalue weighted by Crippen LogP contribution is 2.10. The smallest absolute Gasteiger partial charge is 0.262 e. The second-order valence-corrected chi connectivity index (χ2v) is 4.98. The zero-order chi connectivity index (χ0) is 14.7. The maximum absolute atomic E-state index is 12.3. The minimum Gasteiger partial charge on any atom is -0.355 e. The van der Waals surface area contributed by atoms with E-state index in [1.54, 1.807) is 17.7 Å². The Bertz CT molecular complexity index is 809. The summed E-state index contributed by atoms with van der Waals surface area (Å²) in [5, 5.41) is 3.89. The number of para-hydroxylation sites is 1. The minimum atomic E-state index is -0.0252. The average Bonchev–Trinajstić information content (AvgIpc) is 2.53. The molecule has 0 spiro atoms. The van der Waals surface area contributed by atoms with Crippen molar-refractivity contribution in [1.29, 1.82) is 0 Å². The van der Waals surface area contributed by atoms with Gasteiger partial charge in [0.1, 0.15) is 0 Å². The summed E-state index contributed by atoms with van der Waals surface area (Å²) in [7, 11) is 1.74. The lowest BCUT2D eigenvalue weighted by molar-refractivity contribution is 0.833. The summed E-state index contributed by atoms with van der Waals surface area (Å²) >= 11 is 0. The van der Waals surface area contributed by atoms with Crippen molar-refractivity contribution < 1.29 is 0 Å². The first-order chi connectivity index (χ1) is 10.3. The van der Waals surface area contributed by atoms with Crippen LogP contribution in [0.4, 0.5) is 5.95 Å². The number of nitrogens with zero attached hydrogens (tertiary/aromatic N) is 2. The molecule has 2 aromatic carbocycles. The quantitative estimate of drug-likeness (QED) is 0.798. The molecule has 4 heteroatoms. The zero-order valence-electron chi connectivity index (χ0n) is 11.9. The molecule has 0 fully saturated rings. The van der Waals surface area contributed by atoms with E-state index < -0.39 is 0 Å². The lowest BCUT2D eigenvalue weighted by atomic mass is 10.1. The number of nitrogens with one attached hydrogen (secondary N) is 1. The lowest BCUT2D eigenvalue weighted by Crippen LogP contribution is -2.23. The van der Waals surface area contributed by atoms with E-state index in [2.05, 4.69) is 22.4 Å². The van der Waals surface area contributed by atoms with Gasteiger partial charge in [-0.2, -0.15) is 0 Å². The molecular weight excluding hydrogens is 262 g/mol. The van der Waals surface area contributed by atoms with E-state index in [1.165, 1.54) is 5.56 Å². The van der Waals surface area contributed by atoms with Gasteiger partial charge in [-0.05, 0) is 24.1 Å². The summed E-state index contributed by atoms with van der Waals surface area (Å²) in [5.41, 5.74) is 1.96. The first-order valence-corrected chi connectivity index (χ1v) is 6.99. The highest BCUT2D eigenvalue weighted by Gasteiger charge is 2.06. The Morgan fingerprint density at radius 3 is 2.57 bits per heavy atom. The topological polar surface area (TPSA) is 46.9 Å². The van der Waals surface area contributed by atoms with Crippen LogP contribution in [0.15, 0.2) is 59.4 Å². The molecule has 0 radical (unpaired) electrons. The standard InChI is InChI=1S/C17H17N3O/c1-20-16(21)14-9-5-6-10-15(14)19-17(20)18-12-11-13-7-3-2-4-8-13/h2-10H,11-12H2,1H3,(H,18,19). The Morgan fingerprint density at radius 1 is 1.05 bits per heavy atom. The van der Waals surface area contributed by atoms with Crippen molar-refractivity contribution in [3.05, 3.63) is 70.5 Å². The van der Waals surface area contributed by atoms with E-state index in [4.69, 9.17) is 0 Å². The number of benzene rings is 2. The van der Waals surface area contributed by atoms with E-state index >= 15 is 0 Å². The molecule has 4 nitrogen and oxygen atoms in total. The van der Waals surface area contributed by atoms with Crippen LogP contribution in [0.2, 0.25) is 0 Å². The molecule has 0 aliphatic rings. The summed E-state index contributed by atoms with van der Waals surface area (Å²) in [6.07, 6.45) is 0.892. The summed E-state index contributed by atoms with van der Waals surface area (Å²) in [6.45, 7) is 0.739. The molecular formula is C17H17N3O. The molecule has 3 rings (SSSR count). The SMILES string of the molecule is Cn1c(NCCc2ccccc2)nc2ccccc2c1=O. The van der Waals surface area contributed by atoms with Crippen LogP contribution in [0, 0.1) is 0 Å². The van der Waals surface area contributed by atoms with Crippen molar-refractivity contribution in [3.63, 3.8) is 0 Å². The van der Waals surface area contributed by atoms with E-state index in [9.17, 15) is 4.79 Å². The normalized spacial score (nSPS) is 10.7. The summed E-state index contributed by atoms with van der Waals surface area (Å²) < 4.78 is 1.56. The lowest BCUT2D eigenvalue weighted by Gasteiger charge is -2.11. The first-order valence-electron chi connectivity index (χ1n) is 6.99. The van der Waals surface area contributed by atoms with Gasteiger partial charge in [-0.15, -0.1) is 0 Å². The van der Waals surface area contributed by atoms with Gasteiger partial charge in [0.15, 0.2) is 0 Å². The van der Waals surface area contributed by atoms with Gasteiger partial charge in [0, 0.05) is 13.6 Å². The molecule has 1 N–H and O–H groups in total. The molecule has 1 aromatic heterocycles. The summed E-state index contributed by atoms with van der Waals surface area (Å²) in [6, 6.07) is 17.7. The van der Waals surface area contributed by atoms with Crippen LogP contribution in [0.3, 0.4) is 0 Å². The van der Waals surface area contributed by atoms with Crippen molar-refractivity contribution in [2.45, 2.75) is 6.42 Å². The van der Waals surface area contributed by atoms with Crippen LogP contribution in [-0.4, -0.2) is 16.1 Å². The molecule has 0 aliphatic carbocycles. The van der Waals surface area contributed by atoms with Crippen molar-refractivity contribution in [1.82, 2.24) is 9.55 Å². The predicted molar refractivity (Wildman–Crippen MR) is 85.6 cm³/mol. The summed E-state index contributed by atoms with van der Waals surface area (Å²) in [4.78, 5) is 16.8. The highest BCUT2D eigenvalue weighted by atomic mass is 16.1. The van der Waals surface area contributed by atoms with Crippen LogP contribution in [-0.2, 0) is 13.5 Å². The van der Waals surface area contributed by atoms with E-state index in [-0.39, 0.29) is 5.56 Å². The Morgan fingerprint density at radius 2 is 1.76 bits per heavy atom. The molecule has 0 unspecified atom stereocenters. The maximum atomic E-state index is 12.3. The average molecular weight is 279 g/mol. The second-order valence-electron chi connectivity index (χ2n) is 4.98. The molecule has 0 aliphatic heterocycles. The van der Waals surface area contributed by atoms with Gasteiger partial charge in [-0.25, -0.2) is 4.98 Å². The zero-order valence-corrected chi connectivity index (χ0v) is 11.9. The van der Waals surface area contributed by atoms with Gasteiger partial charge >= 0.3 is 0 Å². The van der Waals surface area contributed by atoms with Gasteiger partial charge in [0.25, 0.3) is 5.56 Å². The third-order valence-electron chi connectivity index (χ3n) is 3.52. The predicted octanol–water partition coefficient (Wildman–Crippen LogP) is 2.59. The van der Waals surface area contributed by atoms with Crippen LogP contribution in [0.1, 0.15) is 5.56 Å². The Hall–Kier alpha value is -2.62. The van der Waals surface area contributed by atoms with Gasteiger partial charge < -0.3 is 5.32 Å².